The first-order valence-electron chi connectivity index (χ1n) is 8.76. The second-order valence-corrected chi connectivity index (χ2v) is 27.1. The van der Waals surface area contributed by atoms with E-state index in [0.717, 1.165) is 0 Å². The van der Waals surface area contributed by atoms with Crippen molar-refractivity contribution in [3.63, 3.8) is 0 Å². The molecule has 10 heteroatoms. The van der Waals surface area contributed by atoms with Crippen LogP contribution in [0.25, 0.3) is 0 Å². The van der Waals surface area contributed by atoms with Gasteiger partial charge in [-0.05, 0) is 0 Å². The molecule has 8 nitrogen and oxygen atoms in total. The molecule has 1 radical (unpaired) electrons. The molecule has 0 aromatic carbocycles. The van der Waals surface area contributed by atoms with E-state index in [2.05, 4.69) is 143 Å². The van der Waals surface area contributed by atoms with Gasteiger partial charge in [-0.15, -0.1) is 0 Å². The molecule has 0 bridgehead atoms. The van der Waals surface area contributed by atoms with Crippen LogP contribution in [-0.2, 0) is 29.9 Å². The van der Waals surface area contributed by atoms with Crippen LogP contribution in [0.2, 0.25) is 0 Å². The summed E-state index contributed by atoms with van der Waals surface area (Å²) in [6, 6.07) is 0. The topological polar surface area (TPSA) is 25.9 Å². The fourth-order valence-electron chi connectivity index (χ4n) is 10.0. The normalized spacial score (nSPS) is 20.0. The van der Waals surface area contributed by atoms with Crippen molar-refractivity contribution in [3.05, 3.63) is 0 Å². The summed E-state index contributed by atoms with van der Waals surface area (Å²) in [4.78, 5) is 0. The van der Waals surface area contributed by atoms with Crippen LogP contribution < -0.4 is 0 Å². The van der Waals surface area contributed by atoms with Crippen molar-refractivity contribution in [2.24, 2.45) is 0 Å². The van der Waals surface area contributed by atoms with Gasteiger partial charge in [0.1, 0.15) is 0 Å². The van der Waals surface area contributed by atoms with E-state index in [-0.39, 0.29) is 18.6 Å². The van der Waals surface area contributed by atoms with E-state index in [1.807, 2.05) is 0 Å². The molecule has 0 amide bonds. The van der Waals surface area contributed by atoms with Crippen LogP contribution >= 0.6 is 0 Å². The number of hydrogen-bond acceptors (Lipinski definition) is 8. The fraction of sp³-hybridized carbons (Fsp3) is 1.00. The second-order valence-electron chi connectivity index (χ2n) is 9.28. The Balaban J connectivity index is 0. The third-order valence-electron chi connectivity index (χ3n) is 10.0. The van der Waals surface area contributed by atoms with E-state index in [9.17, 15) is 0 Å². The van der Waals surface area contributed by atoms with Gasteiger partial charge in [-0.1, -0.05) is 0 Å². The van der Waals surface area contributed by atoms with Crippen LogP contribution in [0, 0.1) is 0 Å². The predicted octanol–water partition coefficient (Wildman–Crippen LogP) is 0.0934. The molecule has 0 N–H and O–H groups in total. The van der Waals surface area contributed by atoms with Crippen molar-refractivity contribution in [1.82, 2.24) is 30.0 Å². The summed E-state index contributed by atoms with van der Waals surface area (Å²) in [7, 11) is 35.1. The molecule has 0 aliphatic carbocycles. The van der Waals surface area contributed by atoms with Gasteiger partial charge in [-0.2, -0.15) is 0 Å². The van der Waals surface area contributed by atoms with Gasteiger partial charge in [-0.25, -0.2) is 0 Å². The third kappa shape index (κ3) is 1.11. The van der Waals surface area contributed by atoms with Crippen molar-refractivity contribution in [2.75, 3.05) is 113 Å². The van der Waals surface area contributed by atoms with Crippen LogP contribution in [-0.4, -0.2) is 143 Å². The van der Waals surface area contributed by atoms with Gasteiger partial charge in [-0.3, -0.25) is 0 Å². The van der Waals surface area contributed by atoms with Crippen molar-refractivity contribution in [1.29, 1.82) is 0 Å². The molecule has 162 valence electrons. The van der Waals surface area contributed by atoms with Gasteiger partial charge in [0, 0.05) is 18.6 Å². The molecule has 0 unspecified atom stereocenters. The SMILES string of the molecule is C[N](C)[V]([N](C)C)([N](C)C)([N](C)C)([N](C)C)([N](C)C)([N](C)C)[N](C)C.[V]. The predicted molar refractivity (Wildman–Crippen MR) is 109 cm³/mol. The van der Waals surface area contributed by atoms with Crippen molar-refractivity contribution in [2.45, 2.75) is 0 Å². The molecule has 0 aromatic rings. The molecule has 0 aliphatic rings. The number of rotatable bonds is 8. The van der Waals surface area contributed by atoms with Gasteiger partial charge in [0.25, 0.3) is 0 Å². The molecule has 0 aromatic heterocycles. The Morgan fingerprint density at radius 2 is 0.346 bits per heavy atom. The summed E-state index contributed by atoms with van der Waals surface area (Å²) in [5.74, 6) is 0. The summed E-state index contributed by atoms with van der Waals surface area (Å²) < 4.78 is 19.4. The summed E-state index contributed by atoms with van der Waals surface area (Å²) >= 11 is -6.21. The van der Waals surface area contributed by atoms with Gasteiger partial charge in [0.05, 0.1) is 0 Å². The van der Waals surface area contributed by atoms with E-state index in [1.165, 1.54) is 0 Å². The van der Waals surface area contributed by atoms with Crippen LogP contribution in [0.1, 0.15) is 0 Å². The zero-order chi connectivity index (χ0) is 21.0. The largest absolute Gasteiger partial charge is 0 e. The minimum absolute atomic E-state index is 0. The first-order chi connectivity index (χ1) is 10.9. The molecule has 26 heavy (non-hydrogen) atoms. The van der Waals surface area contributed by atoms with Gasteiger partial charge in [0.15, 0.2) is 0 Å². The third-order valence-corrected chi connectivity index (χ3v) is 41.3. The van der Waals surface area contributed by atoms with Gasteiger partial charge >= 0.3 is 154 Å². The van der Waals surface area contributed by atoms with Gasteiger partial charge < -0.3 is 0 Å². The smallest absolute Gasteiger partial charge is 0 e. The number of hydrogen-bond donors (Lipinski definition) is 0. The number of nitrogens with zero attached hydrogens (tertiary/aromatic N) is 8. The molecule has 0 rings (SSSR count). The quantitative estimate of drug-likeness (QED) is 0.510. The average molecular weight is 455 g/mol. The molecule has 0 spiro atoms. The molecular formula is C16H48N8V2. The van der Waals surface area contributed by atoms with E-state index in [4.69, 9.17) is 0 Å². The Bertz CT molecular complexity index is 402. The fourth-order valence-corrected chi connectivity index (χ4v) is 41.3. The Morgan fingerprint density at radius 3 is 0.346 bits per heavy atom. The molecule has 0 aliphatic heterocycles. The zero-order valence-electron chi connectivity index (χ0n) is 20.5. The molecule has 0 atom stereocenters. The standard InChI is InChI=1S/8C2H6N.2V/c8*1-3-2;;/h8*1-2H3;;/q8*-1;;+8. The summed E-state index contributed by atoms with van der Waals surface area (Å²) in [6.45, 7) is 0. The summed E-state index contributed by atoms with van der Waals surface area (Å²) in [5, 5.41) is 0. The Morgan fingerprint density at radius 1 is 0.269 bits per heavy atom. The van der Waals surface area contributed by atoms with Crippen LogP contribution in [0.5, 0.6) is 0 Å². The monoisotopic (exact) mass is 454 g/mol. The summed E-state index contributed by atoms with van der Waals surface area (Å²) in [5.41, 5.74) is 0. The first kappa shape index (κ1) is 29.1. The first-order valence-corrected chi connectivity index (χ1v) is 13.8. The van der Waals surface area contributed by atoms with Crippen molar-refractivity contribution in [3.8, 4) is 0 Å². The minimum atomic E-state index is -6.21. The zero-order valence-corrected chi connectivity index (χ0v) is 23.3. The van der Waals surface area contributed by atoms with E-state index < -0.39 is 11.4 Å². The van der Waals surface area contributed by atoms with Crippen molar-refractivity contribution >= 4 is 0 Å². The minimum Gasteiger partial charge on any atom is 0 e. The molecule has 0 saturated carbocycles. The van der Waals surface area contributed by atoms with E-state index in [0.29, 0.717) is 0 Å². The Kier molecular flexibility index (Phi) is 6.39. The Labute approximate surface area is 172 Å². The van der Waals surface area contributed by atoms with Gasteiger partial charge in [0.2, 0.25) is 0 Å². The van der Waals surface area contributed by atoms with Crippen molar-refractivity contribution < 1.29 is 29.9 Å². The van der Waals surface area contributed by atoms with E-state index in [1.54, 1.807) is 0 Å². The molecule has 0 saturated heterocycles. The molecule has 0 fully saturated rings. The Hall–Kier alpha value is 0.849. The van der Waals surface area contributed by atoms with Crippen LogP contribution in [0.15, 0.2) is 0 Å². The maximum Gasteiger partial charge on any atom is 0 e. The van der Waals surface area contributed by atoms with Crippen LogP contribution in [0.4, 0.5) is 0 Å². The molecular weight excluding hydrogens is 406 g/mol. The van der Waals surface area contributed by atoms with E-state index >= 15 is 0 Å². The maximum atomic E-state index is 2.43. The second kappa shape index (κ2) is 5.71. The van der Waals surface area contributed by atoms with Crippen LogP contribution in [0.3, 0.4) is 0 Å². The average Bonchev–Trinajstić information content (AvgIpc) is 2.38. The maximum absolute atomic E-state index is 6.21. The molecule has 0 heterocycles. The summed E-state index contributed by atoms with van der Waals surface area (Å²) in [6.07, 6.45) is 0.